The van der Waals surface area contributed by atoms with Gasteiger partial charge in [0.05, 0.1) is 0 Å². The quantitative estimate of drug-likeness (QED) is 0.724. The molecular formula is C7H16ClNO2S. The van der Waals surface area contributed by atoms with E-state index in [2.05, 4.69) is 0 Å². The number of hydrogen-bond acceptors (Lipinski definition) is 3. The fourth-order valence-electron chi connectivity index (χ4n) is 0.719. The molecule has 0 heterocycles. The van der Waals surface area contributed by atoms with Gasteiger partial charge in [0.15, 0.2) is 0 Å². The molecule has 3 N–H and O–H groups in total. The van der Waals surface area contributed by atoms with E-state index in [0.29, 0.717) is 12.8 Å². The van der Waals surface area contributed by atoms with E-state index in [1.54, 1.807) is 18.7 Å². The number of aliphatic carboxylic acids is 1. The summed E-state index contributed by atoms with van der Waals surface area (Å²) in [5, 5.41) is 8.72. The minimum absolute atomic E-state index is 0. The van der Waals surface area contributed by atoms with Crippen LogP contribution in [0.15, 0.2) is 0 Å². The Hall–Kier alpha value is 0.0700. The lowest BCUT2D eigenvalue weighted by atomic mass is 9.95. The maximum Gasteiger partial charge on any atom is 0.323 e. The Morgan fingerprint density at radius 3 is 2.42 bits per heavy atom. The molecule has 0 aromatic carbocycles. The van der Waals surface area contributed by atoms with E-state index in [0.717, 1.165) is 5.75 Å². The van der Waals surface area contributed by atoms with Crippen molar-refractivity contribution in [1.29, 1.82) is 0 Å². The van der Waals surface area contributed by atoms with Crippen molar-refractivity contribution in [1.82, 2.24) is 0 Å². The van der Waals surface area contributed by atoms with Crippen LogP contribution < -0.4 is 5.73 Å². The van der Waals surface area contributed by atoms with E-state index in [1.165, 1.54) is 0 Å². The van der Waals surface area contributed by atoms with Gasteiger partial charge in [0.25, 0.3) is 0 Å². The first-order valence-electron chi connectivity index (χ1n) is 3.58. The van der Waals surface area contributed by atoms with Gasteiger partial charge < -0.3 is 10.8 Å². The Bertz CT molecular complexity index is 145. The Morgan fingerprint density at radius 1 is 1.67 bits per heavy atom. The third kappa shape index (κ3) is 4.18. The smallest absolute Gasteiger partial charge is 0.323 e. The van der Waals surface area contributed by atoms with Crippen molar-refractivity contribution < 1.29 is 9.90 Å². The molecule has 0 radical (unpaired) electrons. The lowest BCUT2D eigenvalue weighted by molar-refractivity contribution is -0.143. The van der Waals surface area contributed by atoms with Gasteiger partial charge in [0, 0.05) is 0 Å². The molecular weight excluding hydrogens is 198 g/mol. The van der Waals surface area contributed by atoms with E-state index < -0.39 is 11.5 Å². The highest BCUT2D eigenvalue weighted by molar-refractivity contribution is 7.98. The molecule has 5 heteroatoms. The van der Waals surface area contributed by atoms with Crippen molar-refractivity contribution in [2.24, 2.45) is 5.73 Å². The summed E-state index contributed by atoms with van der Waals surface area (Å²) < 4.78 is 0. The number of carboxylic acid groups (broad SMARTS) is 1. The van der Waals surface area contributed by atoms with Gasteiger partial charge in [-0.25, -0.2) is 0 Å². The van der Waals surface area contributed by atoms with Crippen LogP contribution in [-0.4, -0.2) is 28.6 Å². The zero-order chi connectivity index (χ0) is 8.91. The van der Waals surface area contributed by atoms with Gasteiger partial charge in [-0.2, -0.15) is 11.8 Å². The van der Waals surface area contributed by atoms with Crippen LogP contribution in [-0.2, 0) is 4.79 Å². The summed E-state index contributed by atoms with van der Waals surface area (Å²) in [4.78, 5) is 10.6. The molecule has 0 aliphatic carbocycles. The lowest BCUT2D eigenvalue weighted by Crippen LogP contribution is -2.47. The van der Waals surface area contributed by atoms with E-state index in [1.807, 2.05) is 6.26 Å². The summed E-state index contributed by atoms with van der Waals surface area (Å²) in [6.07, 6.45) is 2.97. The fraction of sp³-hybridized carbons (Fsp3) is 0.857. The fourth-order valence-corrected chi connectivity index (χ4v) is 1.29. The third-order valence-corrected chi connectivity index (χ3v) is 2.42. The van der Waals surface area contributed by atoms with Gasteiger partial charge in [-0.1, -0.05) is 6.92 Å². The van der Waals surface area contributed by atoms with E-state index in [9.17, 15) is 4.79 Å². The third-order valence-electron chi connectivity index (χ3n) is 1.81. The van der Waals surface area contributed by atoms with Crippen LogP contribution in [0.4, 0.5) is 0 Å². The molecule has 1 unspecified atom stereocenters. The summed E-state index contributed by atoms with van der Waals surface area (Å²) in [6, 6.07) is 0. The Morgan fingerprint density at radius 2 is 2.17 bits per heavy atom. The van der Waals surface area contributed by atoms with E-state index >= 15 is 0 Å². The molecule has 12 heavy (non-hydrogen) atoms. The largest absolute Gasteiger partial charge is 0.480 e. The first-order chi connectivity index (χ1) is 5.06. The molecule has 0 fully saturated rings. The van der Waals surface area contributed by atoms with Crippen molar-refractivity contribution in [3.05, 3.63) is 0 Å². The molecule has 3 nitrogen and oxygen atoms in total. The van der Waals surface area contributed by atoms with Gasteiger partial charge in [-0.15, -0.1) is 12.4 Å². The minimum atomic E-state index is -1.01. The first kappa shape index (κ1) is 14.6. The van der Waals surface area contributed by atoms with Crippen molar-refractivity contribution in [3.63, 3.8) is 0 Å². The second kappa shape index (κ2) is 6.57. The Kier molecular flexibility index (Phi) is 7.99. The van der Waals surface area contributed by atoms with E-state index in [-0.39, 0.29) is 12.4 Å². The maximum atomic E-state index is 10.6. The molecule has 0 rings (SSSR count). The number of rotatable bonds is 5. The van der Waals surface area contributed by atoms with Crippen molar-refractivity contribution in [2.45, 2.75) is 25.3 Å². The molecule has 0 saturated carbocycles. The summed E-state index contributed by atoms with van der Waals surface area (Å²) in [6.45, 7) is 1.80. The zero-order valence-electron chi connectivity index (χ0n) is 7.37. The van der Waals surface area contributed by atoms with Gasteiger partial charge in [-0.05, 0) is 24.9 Å². The SMILES string of the molecule is CCC(N)(CCSC)C(=O)O.Cl. The highest BCUT2D eigenvalue weighted by Crippen LogP contribution is 2.14. The summed E-state index contributed by atoms with van der Waals surface area (Å²) in [5.74, 6) is -0.0922. The number of thioether (sulfide) groups is 1. The standard InChI is InChI=1S/C7H15NO2S.ClH/c1-3-7(8,6(9)10)4-5-11-2;/h3-5,8H2,1-2H3,(H,9,10);1H. The Labute approximate surface area is 83.5 Å². The second-order valence-corrected chi connectivity index (χ2v) is 3.54. The van der Waals surface area contributed by atoms with Gasteiger partial charge >= 0.3 is 5.97 Å². The molecule has 74 valence electrons. The second-order valence-electron chi connectivity index (χ2n) is 2.56. The maximum absolute atomic E-state index is 10.6. The molecule has 0 aromatic rings. The molecule has 0 bridgehead atoms. The summed E-state index contributed by atoms with van der Waals surface area (Å²) >= 11 is 1.62. The topological polar surface area (TPSA) is 63.3 Å². The molecule has 0 aliphatic heterocycles. The van der Waals surface area contributed by atoms with Crippen LogP contribution in [0.1, 0.15) is 19.8 Å². The predicted octanol–water partition coefficient (Wildman–Crippen LogP) is 1.35. The highest BCUT2D eigenvalue weighted by atomic mass is 35.5. The summed E-state index contributed by atoms with van der Waals surface area (Å²) in [7, 11) is 0. The normalized spacial score (nSPS) is 14.6. The van der Waals surface area contributed by atoms with Crippen molar-refractivity contribution in [2.75, 3.05) is 12.0 Å². The van der Waals surface area contributed by atoms with Crippen LogP contribution >= 0.6 is 24.2 Å². The number of carbonyl (C=O) groups is 1. The number of hydrogen-bond donors (Lipinski definition) is 2. The minimum Gasteiger partial charge on any atom is -0.480 e. The van der Waals surface area contributed by atoms with Gasteiger partial charge in [0.1, 0.15) is 5.54 Å². The van der Waals surface area contributed by atoms with Crippen LogP contribution in [0.5, 0.6) is 0 Å². The molecule has 0 saturated heterocycles. The van der Waals surface area contributed by atoms with Crippen molar-refractivity contribution >= 4 is 30.1 Å². The average Bonchev–Trinajstić information content (AvgIpc) is 2.00. The van der Waals surface area contributed by atoms with Crippen LogP contribution in [0.25, 0.3) is 0 Å². The van der Waals surface area contributed by atoms with Gasteiger partial charge in [0.2, 0.25) is 0 Å². The van der Waals surface area contributed by atoms with Gasteiger partial charge in [-0.3, -0.25) is 4.79 Å². The predicted molar refractivity (Wildman–Crippen MR) is 55.1 cm³/mol. The van der Waals surface area contributed by atoms with Crippen LogP contribution in [0.3, 0.4) is 0 Å². The highest BCUT2D eigenvalue weighted by Gasteiger charge is 2.30. The summed E-state index contributed by atoms with van der Waals surface area (Å²) in [5.41, 5.74) is 4.60. The molecule has 1 atom stereocenters. The lowest BCUT2D eigenvalue weighted by Gasteiger charge is -2.21. The monoisotopic (exact) mass is 213 g/mol. The van der Waals surface area contributed by atoms with Crippen LogP contribution in [0, 0.1) is 0 Å². The molecule has 0 amide bonds. The average molecular weight is 214 g/mol. The zero-order valence-corrected chi connectivity index (χ0v) is 9.00. The number of nitrogens with two attached hydrogens (primary N) is 1. The van der Waals surface area contributed by atoms with Crippen molar-refractivity contribution in [3.8, 4) is 0 Å². The number of carboxylic acids is 1. The molecule has 0 spiro atoms. The molecule has 0 aromatic heterocycles. The first-order valence-corrected chi connectivity index (χ1v) is 4.97. The Balaban J connectivity index is 0. The van der Waals surface area contributed by atoms with Crippen LogP contribution in [0.2, 0.25) is 0 Å². The number of halogens is 1. The molecule has 0 aliphatic rings. The van der Waals surface area contributed by atoms with E-state index in [4.69, 9.17) is 10.8 Å².